The fourth-order valence-corrected chi connectivity index (χ4v) is 2.99. The molecule has 0 saturated heterocycles. The number of amides is 1. The maximum absolute atomic E-state index is 12.7. The van der Waals surface area contributed by atoms with Crippen molar-refractivity contribution in [3.63, 3.8) is 0 Å². The molecule has 1 fully saturated rings. The molecule has 0 bridgehead atoms. The molecule has 1 aromatic carbocycles. The van der Waals surface area contributed by atoms with Crippen molar-refractivity contribution in [2.24, 2.45) is 0 Å². The van der Waals surface area contributed by atoms with Gasteiger partial charge >= 0.3 is 0 Å². The van der Waals surface area contributed by atoms with Crippen molar-refractivity contribution >= 4 is 37.8 Å². The normalized spacial score (nSPS) is 14.0. The third-order valence-electron chi connectivity index (χ3n) is 3.48. The number of aromatic nitrogens is 1. The van der Waals surface area contributed by atoms with E-state index < -0.39 is 0 Å². The summed E-state index contributed by atoms with van der Waals surface area (Å²) in [5, 5.41) is 0. The molecule has 1 aliphatic carbocycles. The van der Waals surface area contributed by atoms with Crippen LogP contribution in [-0.2, 0) is 6.54 Å². The molecule has 0 unspecified atom stereocenters. The van der Waals surface area contributed by atoms with Gasteiger partial charge in [-0.1, -0.05) is 40.2 Å². The summed E-state index contributed by atoms with van der Waals surface area (Å²) in [6.45, 7) is 0.610. The molecule has 1 aromatic heterocycles. The molecule has 5 heteroatoms. The van der Waals surface area contributed by atoms with Crippen molar-refractivity contribution in [1.82, 2.24) is 9.88 Å². The van der Waals surface area contributed by atoms with E-state index in [0.29, 0.717) is 22.9 Å². The summed E-state index contributed by atoms with van der Waals surface area (Å²) in [6.07, 6.45) is 2.15. The second-order valence-corrected chi connectivity index (χ2v) is 6.77. The van der Waals surface area contributed by atoms with E-state index in [-0.39, 0.29) is 5.91 Å². The predicted octanol–water partition coefficient (Wildman–Crippen LogP) is 4.41. The summed E-state index contributed by atoms with van der Waals surface area (Å²) in [5.74, 6) is -0.00504. The standard InChI is InChI=1S/C16H14Br2N2O/c17-13-5-2-1-4-11(13)10-20(12-8-9-12)16(21)14-6-3-7-15(18)19-14/h1-7,12H,8-10H2. The Morgan fingerprint density at radius 1 is 1.14 bits per heavy atom. The first-order valence-corrected chi connectivity index (χ1v) is 8.40. The van der Waals surface area contributed by atoms with Crippen molar-refractivity contribution in [2.45, 2.75) is 25.4 Å². The molecule has 1 aliphatic rings. The van der Waals surface area contributed by atoms with Gasteiger partial charge in [0.1, 0.15) is 10.3 Å². The second kappa shape index (κ2) is 6.28. The van der Waals surface area contributed by atoms with Gasteiger partial charge in [0.25, 0.3) is 5.91 Å². The minimum absolute atomic E-state index is 0.00504. The van der Waals surface area contributed by atoms with E-state index >= 15 is 0 Å². The van der Waals surface area contributed by atoms with Gasteiger partial charge in [-0.15, -0.1) is 0 Å². The lowest BCUT2D eigenvalue weighted by molar-refractivity contribution is 0.0723. The minimum atomic E-state index is -0.00504. The molecule has 0 radical (unpaired) electrons. The molecular weight excluding hydrogens is 396 g/mol. The van der Waals surface area contributed by atoms with Crippen molar-refractivity contribution in [1.29, 1.82) is 0 Å². The Bertz CT molecular complexity index is 671. The summed E-state index contributed by atoms with van der Waals surface area (Å²) in [5.41, 5.74) is 1.61. The van der Waals surface area contributed by atoms with Crippen LogP contribution in [0.3, 0.4) is 0 Å². The highest BCUT2D eigenvalue weighted by Crippen LogP contribution is 2.31. The van der Waals surface area contributed by atoms with Gasteiger partial charge in [-0.3, -0.25) is 4.79 Å². The van der Waals surface area contributed by atoms with Crippen LogP contribution in [0.4, 0.5) is 0 Å². The van der Waals surface area contributed by atoms with Crippen molar-refractivity contribution in [3.05, 3.63) is 62.8 Å². The van der Waals surface area contributed by atoms with Crippen LogP contribution < -0.4 is 0 Å². The number of pyridine rings is 1. The highest BCUT2D eigenvalue weighted by molar-refractivity contribution is 9.10. The lowest BCUT2D eigenvalue weighted by atomic mass is 10.2. The van der Waals surface area contributed by atoms with E-state index in [9.17, 15) is 4.79 Å². The number of carbonyl (C=O) groups excluding carboxylic acids is 1. The maximum atomic E-state index is 12.7. The van der Waals surface area contributed by atoms with Crippen LogP contribution in [0.25, 0.3) is 0 Å². The van der Waals surface area contributed by atoms with Gasteiger partial charge in [0.15, 0.2) is 0 Å². The third kappa shape index (κ3) is 3.52. The monoisotopic (exact) mass is 408 g/mol. The van der Waals surface area contributed by atoms with Gasteiger partial charge in [0, 0.05) is 17.1 Å². The first kappa shape index (κ1) is 14.7. The van der Waals surface area contributed by atoms with E-state index in [1.54, 1.807) is 6.07 Å². The molecule has 3 nitrogen and oxygen atoms in total. The molecule has 21 heavy (non-hydrogen) atoms. The third-order valence-corrected chi connectivity index (χ3v) is 4.70. The van der Waals surface area contributed by atoms with Gasteiger partial charge in [-0.25, -0.2) is 4.98 Å². The topological polar surface area (TPSA) is 33.2 Å². The van der Waals surface area contributed by atoms with Crippen molar-refractivity contribution in [2.75, 3.05) is 0 Å². The van der Waals surface area contributed by atoms with Gasteiger partial charge in [-0.2, -0.15) is 0 Å². The Labute approximate surface area is 140 Å². The zero-order valence-electron chi connectivity index (χ0n) is 11.3. The van der Waals surface area contributed by atoms with Crippen LogP contribution >= 0.6 is 31.9 Å². The maximum Gasteiger partial charge on any atom is 0.273 e. The highest BCUT2D eigenvalue weighted by atomic mass is 79.9. The van der Waals surface area contributed by atoms with Gasteiger partial charge < -0.3 is 4.90 Å². The lowest BCUT2D eigenvalue weighted by Gasteiger charge is -2.23. The van der Waals surface area contributed by atoms with E-state index in [4.69, 9.17) is 0 Å². The Morgan fingerprint density at radius 2 is 1.90 bits per heavy atom. The Kier molecular flexibility index (Phi) is 4.40. The average molecular weight is 410 g/mol. The number of hydrogen-bond donors (Lipinski definition) is 0. The second-order valence-electron chi connectivity index (χ2n) is 5.10. The van der Waals surface area contributed by atoms with Gasteiger partial charge in [0.05, 0.1) is 0 Å². The number of rotatable bonds is 4. The van der Waals surface area contributed by atoms with Crippen LogP contribution in [0.5, 0.6) is 0 Å². The molecule has 108 valence electrons. The van der Waals surface area contributed by atoms with E-state index in [1.165, 1.54) is 0 Å². The smallest absolute Gasteiger partial charge is 0.273 e. The van der Waals surface area contributed by atoms with E-state index in [2.05, 4.69) is 36.8 Å². The summed E-state index contributed by atoms with van der Waals surface area (Å²) >= 11 is 6.87. The Balaban J connectivity index is 1.85. The predicted molar refractivity (Wildman–Crippen MR) is 89.0 cm³/mol. The molecular formula is C16H14Br2N2O. The molecule has 1 heterocycles. The van der Waals surface area contributed by atoms with Crippen LogP contribution in [0.15, 0.2) is 51.5 Å². The number of hydrogen-bond acceptors (Lipinski definition) is 2. The van der Waals surface area contributed by atoms with Crippen molar-refractivity contribution < 1.29 is 4.79 Å². The molecule has 1 amide bonds. The summed E-state index contributed by atoms with van der Waals surface area (Å²) in [7, 11) is 0. The molecule has 0 aliphatic heterocycles. The van der Waals surface area contributed by atoms with E-state index in [0.717, 1.165) is 22.9 Å². The zero-order valence-corrected chi connectivity index (χ0v) is 14.5. The molecule has 0 atom stereocenters. The Morgan fingerprint density at radius 3 is 2.57 bits per heavy atom. The first-order valence-electron chi connectivity index (χ1n) is 6.82. The molecule has 3 rings (SSSR count). The van der Waals surface area contributed by atoms with Crippen LogP contribution in [-0.4, -0.2) is 21.8 Å². The number of halogens is 2. The van der Waals surface area contributed by atoms with Gasteiger partial charge in [-0.05, 0) is 52.5 Å². The van der Waals surface area contributed by atoms with Crippen LogP contribution in [0.2, 0.25) is 0 Å². The molecule has 2 aromatic rings. The van der Waals surface area contributed by atoms with Crippen LogP contribution in [0.1, 0.15) is 28.9 Å². The highest BCUT2D eigenvalue weighted by Gasteiger charge is 2.33. The molecule has 1 saturated carbocycles. The first-order chi connectivity index (χ1) is 10.1. The summed E-state index contributed by atoms with van der Waals surface area (Å²) in [6, 6.07) is 13.8. The van der Waals surface area contributed by atoms with Gasteiger partial charge in [0.2, 0.25) is 0 Å². The number of carbonyl (C=O) groups is 1. The zero-order chi connectivity index (χ0) is 14.8. The average Bonchev–Trinajstić information content (AvgIpc) is 3.30. The number of nitrogens with zero attached hydrogens (tertiary/aromatic N) is 2. The summed E-state index contributed by atoms with van der Waals surface area (Å²) < 4.78 is 1.72. The fraction of sp³-hybridized carbons (Fsp3) is 0.250. The summed E-state index contributed by atoms with van der Waals surface area (Å²) in [4.78, 5) is 18.9. The largest absolute Gasteiger partial charge is 0.330 e. The van der Waals surface area contributed by atoms with Crippen molar-refractivity contribution in [3.8, 4) is 0 Å². The van der Waals surface area contributed by atoms with E-state index in [1.807, 2.05) is 41.3 Å². The quantitative estimate of drug-likeness (QED) is 0.700. The lowest BCUT2D eigenvalue weighted by Crippen LogP contribution is -2.33. The minimum Gasteiger partial charge on any atom is -0.330 e. The van der Waals surface area contributed by atoms with Crippen LogP contribution in [0, 0.1) is 0 Å². The SMILES string of the molecule is O=C(c1cccc(Br)n1)N(Cc1ccccc1Br)C1CC1. The molecule has 0 spiro atoms. The Hall–Kier alpha value is -1.20. The fourth-order valence-electron chi connectivity index (χ4n) is 2.24. The number of benzene rings is 1. The molecule has 0 N–H and O–H groups in total.